The molecule has 0 aromatic carbocycles. The van der Waals surface area contributed by atoms with Gasteiger partial charge in [-0.1, -0.05) is 0 Å². The molecule has 0 fully saturated rings. The van der Waals surface area contributed by atoms with E-state index in [1.807, 2.05) is 0 Å². The Labute approximate surface area is 166 Å². The molecule has 0 aliphatic rings. The Balaban J connectivity index is -0.000000150. The standard InChI is InChI=1S/C12H25.3C2H4O2.Sn/c1-3-5-7-9-11-12-10-8-6-4-2;3*1-2(3)4;/h1,3-12H2,2H3;3*1H3,(H,3,4);. The van der Waals surface area contributed by atoms with Crippen molar-refractivity contribution in [2.75, 3.05) is 0 Å². The summed E-state index contributed by atoms with van der Waals surface area (Å²) >= 11 is 1.72. The van der Waals surface area contributed by atoms with Gasteiger partial charge in [0.25, 0.3) is 17.9 Å². The maximum atomic E-state index is 9.00. The second kappa shape index (κ2) is 31.0. The summed E-state index contributed by atoms with van der Waals surface area (Å²) in [7, 11) is 0. The first-order chi connectivity index (χ1) is 11.6. The van der Waals surface area contributed by atoms with Crippen LogP contribution < -0.4 is 0 Å². The molecule has 0 rings (SSSR count). The van der Waals surface area contributed by atoms with Crippen LogP contribution in [0, 0.1) is 0 Å². The van der Waals surface area contributed by atoms with E-state index in [0.717, 1.165) is 20.8 Å². The van der Waals surface area contributed by atoms with Crippen molar-refractivity contribution >= 4 is 40.4 Å². The van der Waals surface area contributed by atoms with E-state index in [4.69, 9.17) is 29.7 Å². The van der Waals surface area contributed by atoms with E-state index >= 15 is 0 Å². The molecule has 3 radical (unpaired) electrons. The Bertz CT molecular complexity index is 245. The third kappa shape index (κ3) is 123. The summed E-state index contributed by atoms with van der Waals surface area (Å²) in [6.45, 7) is 5.53. The molecule has 0 aliphatic carbocycles. The molecule has 6 nitrogen and oxygen atoms in total. The molecule has 0 spiro atoms. The van der Waals surface area contributed by atoms with E-state index in [1.54, 1.807) is 22.5 Å². The van der Waals surface area contributed by atoms with Crippen LogP contribution in [-0.4, -0.2) is 55.8 Å². The first kappa shape index (κ1) is 31.9. The van der Waals surface area contributed by atoms with Gasteiger partial charge in [0.15, 0.2) is 0 Å². The fourth-order valence-corrected chi connectivity index (χ4v) is 2.33. The second-order valence-electron chi connectivity index (χ2n) is 5.49. The van der Waals surface area contributed by atoms with Crippen molar-refractivity contribution in [2.24, 2.45) is 0 Å². The van der Waals surface area contributed by atoms with Gasteiger partial charge in [-0.25, -0.2) is 0 Å². The van der Waals surface area contributed by atoms with Crippen molar-refractivity contribution in [3.8, 4) is 0 Å². The van der Waals surface area contributed by atoms with Gasteiger partial charge >= 0.3 is 98.1 Å². The molecular weight excluding hydrogens is 431 g/mol. The minimum absolute atomic E-state index is 0.833. The van der Waals surface area contributed by atoms with Crippen molar-refractivity contribution in [3.63, 3.8) is 0 Å². The van der Waals surface area contributed by atoms with Crippen molar-refractivity contribution in [3.05, 3.63) is 0 Å². The summed E-state index contributed by atoms with van der Waals surface area (Å²) in [4.78, 5) is 27.0. The molecule has 7 heteroatoms. The van der Waals surface area contributed by atoms with Crippen LogP contribution in [0.25, 0.3) is 0 Å². The normalized spacial score (nSPS) is 8.52. The van der Waals surface area contributed by atoms with Crippen molar-refractivity contribution in [1.29, 1.82) is 0 Å². The molecule has 0 aromatic rings. The number of carboxylic acids is 3. The van der Waals surface area contributed by atoms with Crippen molar-refractivity contribution < 1.29 is 29.7 Å². The fourth-order valence-electron chi connectivity index (χ4n) is 1.61. The van der Waals surface area contributed by atoms with Gasteiger partial charge in [-0.2, -0.15) is 0 Å². The van der Waals surface area contributed by atoms with Crippen LogP contribution in [0.15, 0.2) is 0 Å². The van der Waals surface area contributed by atoms with Gasteiger partial charge in [0.2, 0.25) is 0 Å². The van der Waals surface area contributed by atoms with E-state index in [1.165, 1.54) is 68.6 Å². The van der Waals surface area contributed by atoms with Gasteiger partial charge in [-0.05, 0) is 0 Å². The van der Waals surface area contributed by atoms with Crippen LogP contribution in [0.5, 0.6) is 0 Å². The first-order valence-corrected chi connectivity index (χ1v) is 10.9. The zero-order valence-corrected chi connectivity index (χ0v) is 19.2. The van der Waals surface area contributed by atoms with Gasteiger partial charge in [0, 0.05) is 20.8 Å². The van der Waals surface area contributed by atoms with E-state index in [9.17, 15) is 0 Å². The zero-order chi connectivity index (χ0) is 20.5. The van der Waals surface area contributed by atoms with Crippen LogP contribution in [0.1, 0.15) is 91.9 Å². The summed E-state index contributed by atoms with van der Waals surface area (Å²) in [5.41, 5.74) is 0. The molecule has 0 unspecified atom stereocenters. The molecule has 0 amide bonds. The summed E-state index contributed by atoms with van der Waals surface area (Å²) in [5, 5.41) is 22.2. The average molecular weight is 468 g/mol. The summed E-state index contributed by atoms with van der Waals surface area (Å²) in [5.74, 6) is -2.50. The molecule has 0 aliphatic heterocycles. The molecular formula is C18H37O6Sn. The number of hydrogen-bond donors (Lipinski definition) is 3. The van der Waals surface area contributed by atoms with Crippen LogP contribution in [0.4, 0.5) is 0 Å². The van der Waals surface area contributed by atoms with Crippen molar-refractivity contribution in [2.45, 2.75) is 96.3 Å². The Hall–Kier alpha value is -0.791. The quantitative estimate of drug-likeness (QED) is 0.315. The predicted octanol–water partition coefficient (Wildman–Crippen LogP) is 4.77. The number of rotatable bonds is 10. The molecule has 0 bridgehead atoms. The van der Waals surface area contributed by atoms with Gasteiger partial charge in [-0.15, -0.1) is 0 Å². The molecule has 0 aromatic heterocycles. The Morgan fingerprint density at radius 1 is 0.600 bits per heavy atom. The van der Waals surface area contributed by atoms with Gasteiger partial charge < -0.3 is 15.3 Å². The SMILES string of the molecule is CC(=O)O.CC(=O)O.CC(=O)O.CCCCCCCCCCC[CH2][Sn]. The van der Waals surface area contributed by atoms with E-state index < -0.39 is 17.9 Å². The van der Waals surface area contributed by atoms with E-state index in [0.29, 0.717) is 0 Å². The monoisotopic (exact) mass is 469 g/mol. The molecule has 0 saturated carbocycles. The van der Waals surface area contributed by atoms with E-state index in [-0.39, 0.29) is 0 Å². The van der Waals surface area contributed by atoms with Gasteiger partial charge in [0.05, 0.1) is 0 Å². The summed E-state index contributed by atoms with van der Waals surface area (Å²) in [6.07, 6.45) is 14.7. The fraction of sp³-hybridized carbons (Fsp3) is 0.833. The van der Waals surface area contributed by atoms with Crippen LogP contribution in [0.2, 0.25) is 4.44 Å². The number of hydrogen-bond acceptors (Lipinski definition) is 3. The topological polar surface area (TPSA) is 112 Å². The summed E-state index contributed by atoms with van der Waals surface area (Å²) in [6, 6.07) is 0. The van der Waals surface area contributed by atoms with Gasteiger partial charge in [0.1, 0.15) is 0 Å². The minimum atomic E-state index is -0.833. The van der Waals surface area contributed by atoms with Gasteiger partial charge in [-0.3, -0.25) is 14.4 Å². The number of aliphatic carboxylic acids is 3. The molecule has 0 saturated heterocycles. The third-order valence-corrected chi connectivity index (χ3v) is 3.54. The number of carboxylic acid groups (broad SMARTS) is 3. The molecule has 0 heterocycles. The van der Waals surface area contributed by atoms with Crippen LogP contribution >= 0.6 is 0 Å². The number of unbranched alkanes of at least 4 members (excludes halogenated alkanes) is 9. The Kier molecular flexibility index (Phi) is 39.6. The van der Waals surface area contributed by atoms with Crippen LogP contribution in [0.3, 0.4) is 0 Å². The van der Waals surface area contributed by atoms with Crippen molar-refractivity contribution in [1.82, 2.24) is 0 Å². The third-order valence-electron chi connectivity index (χ3n) is 2.53. The Morgan fingerprint density at radius 3 is 1.00 bits per heavy atom. The molecule has 149 valence electrons. The van der Waals surface area contributed by atoms with Crippen LogP contribution in [-0.2, 0) is 14.4 Å². The first-order valence-electron chi connectivity index (χ1n) is 8.84. The molecule has 3 N–H and O–H groups in total. The number of carbonyl (C=O) groups is 3. The molecule has 0 atom stereocenters. The Morgan fingerprint density at radius 2 is 0.800 bits per heavy atom. The van der Waals surface area contributed by atoms with E-state index in [2.05, 4.69) is 6.92 Å². The second-order valence-corrected chi connectivity index (χ2v) is 6.92. The predicted molar refractivity (Wildman–Crippen MR) is 102 cm³/mol. The molecule has 25 heavy (non-hydrogen) atoms. The summed E-state index contributed by atoms with van der Waals surface area (Å²) < 4.78 is 1.46. The zero-order valence-electron chi connectivity index (χ0n) is 16.3. The maximum absolute atomic E-state index is 9.00. The average Bonchev–Trinajstić information content (AvgIpc) is 2.44.